The number of carbonyl (C=O) groups excluding carboxylic acids is 1. The average molecular weight is 357 g/mol. The molecule has 2 rings (SSSR count). The first-order valence-corrected chi connectivity index (χ1v) is 7.23. The second-order valence-corrected chi connectivity index (χ2v) is 4.97. The van der Waals surface area contributed by atoms with Crippen molar-refractivity contribution in [2.24, 2.45) is 0 Å². The quantitative estimate of drug-likeness (QED) is 0.634. The van der Waals surface area contributed by atoms with Crippen LogP contribution in [0.1, 0.15) is 15.9 Å². The van der Waals surface area contributed by atoms with Gasteiger partial charge in [0.2, 0.25) is 0 Å². The molecule has 2 aromatic carbocycles. The Kier molecular flexibility index (Phi) is 5.84. The van der Waals surface area contributed by atoms with Crippen LogP contribution in [0.5, 0.6) is 11.5 Å². The van der Waals surface area contributed by atoms with Crippen LogP contribution in [0.4, 0.5) is 17.6 Å². The predicted molar refractivity (Wildman–Crippen MR) is 82.2 cm³/mol. The van der Waals surface area contributed by atoms with Crippen molar-refractivity contribution in [3.05, 3.63) is 59.4 Å². The summed E-state index contributed by atoms with van der Waals surface area (Å²) in [5.41, 5.74) is -1.76. The molecule has 4 nitrogen and oxygen atoms in total. The van der Waals surface area contributed by atoms with Gasteiger partial charge in [0.05, 0.1) is 19.2 Å². The number of amides is 1. The van der Waals surface area contributed by atoms with E-state index in [4.69, 9.17) is 9.47 Å². The molecule has 1 amide bonds. The van der Waals surface area contributed by atoms with Crippen LogP contribution in [0.15, 0.2) is 42.5 Å². The van der Waals surface area contributed by atoms with Crippen molar-refractivity contribution in [2.75, 3.05) is 20.3 Å². The summed E-state index contributed by atoms with van der Waals surface area (Å²) >= 11 is 0. The van der Waals surface area contributed by atoms with Gasteiger partial charge in [0, 0.05) is 5.56 Å². The molecular formula is C17H15F4NO3. The van der Waals surface area contributed by atoms with Crippen LogP contribution in [0.25, 0.3) is 0 Å². The normalized spacial score (nSPS) is 11.1. The number of nitrogens with one attached hydrogen (secondary N) is 1. The summed E-state index contributed by atoms with van der Waals surface area (Å²) in [5, 5.41) is 2.41. The Morgan fingerprint density at radius 3 is 2.32 bits per heavy atom. The molecule has 0 heterocycles. The van der Waals surface area contributed by atoms with Gasteiger partial charge in [-0.05, 0) is 42.5 Å². The number of hydrogen-bond donors (Lipinski definition) is 1. The summed E-state index contributed by atoms with van der Waals surface area (Å²) in [7, 11) is 1.53. The Morgan fingerprint density at radius 1 is 1.08 bits per heavy atom. The van der Waals surface area contributed by atoms with E-state index in [1.54, 1.807) is 24.3 Å². The molecule has 0 aromatic heterocycles. The van der Waals surface area contributed by atoms with Gasteiger partial charge in [0.25, 0.3) is 5.91 Å². The molecular weight excluding hydrogens is 342 g/mol. The Bertz CT molecular complexity index is 730. The highest BCUT2D eigenvalue weighted by Crippen LogP contribution is 2.31. The lowest BCUT2D eigenvalue weighted by molar-refractivity contribution is -0.140. The number of methoxy groups -OCH3 is 1. The molecule has 0 saturated carbocycles. The maximum atomic E-state index is 13.2. The molecule has 0 unspecified atom stereocenters. The third-order valence-corrected chi connectivity index (χ3v) is 3.25. The fourth-order valence-corrected chi connectivity index (χ4v) is 1.99. The molecule has 0 aliphatic heterocycles. The minimum absolute atomic E-state index is 0.0730. The van der Waals surface area contributed by atoms with E-state index in [-0.39, 0.29) is 18.7 Å². The molecule has 0 aliphatic carbocycles. The van der Waals surface area contributed by atoms with Gasteiger partial charge in [0.1, 0.15) is 23.9 Å². The van der Waals surface area contributed by atoms with Crippen LogP contribution in [0.3, 0.4) is 0 Å². The third kappa shape index (κ3) is 5.10. The van der Waals surface area contributed by atoms with Crippen LogP contribution in [-0.4, -0.2) is 26.2 Å². The van der Waals surface area contributed by atoms with Crippen LogP contribution < -0.4 is 14.8 Å². The minimum Gasteiger partial charge on any atom is -0.497 e. The summed E-state index contributed by atoms with van der Waals surface area (Å²) in [6.07, 6.45) is -4.86. The average Bonchev–Trinajstić information content (AvgIpc) is 2.58. The van der Waals surface area contributed by atoms with E-state index in [1.807, 2.05) is 0 Å². The number of alkyl halides is 3. The van der Waals surface area contributed by atoms with Crippen molar-refractivity contribution in [3.63, 3.8) is 0 Å². The van der Waals surface area contributed by atoms with Gasteiger partial charge in [0.15, 0.2) is 0 Å². The van der Waals surface area contributed by atoms with Crippen LogP contribution >= 0.6 is 0 Å². The Labute approximate surface area is 141 Å². The summed E-state index contributed by atoms with van der Waals surface area (Å²) in [4.78, 5) is 11.9. The lowest BCUT2D eigenvalue weighted by Gasteiger charge is -2.11. The zero-order valence-corrected chi connectivity index (χ0v) is 13.2. The van der Waals surface area contributed by atoms with E-state index in [1.165, 1.54) is 7.11 Å². The van der Waals surface area contributed by atoms with Crippen molar-refractivity contribution in [1.82, 2.24) is 5.32 Å². The van der Waals surface area contributed by atoms with Gasteiger partial charge >= 0.3 is 6.18 Å². The van der Waals surface area contributed by atoms with Crippen LogP contribution in [-0.2, 0) is 6.18 Å². The second kappa shape index (κ2) is 7.87. The molecule has 8 heteroatoms. The van der Waals surface area contributed by atoms with E-state index >= 15 is 0 Å². The fraction of sp³-hybridized carbons (Fsp3) is 0.235. The first-order chi connectivity index (χ1) is 11.8. The van der Waals surface area contributed by atoms with E-state index in [2.05, 4.69) is 5.32 Å². The first kappa shape index (κ1) is 18.6. The first-order valence-electron chi connectivity index (χ1n) is 7.23. The predicted octanol–water partition coefficient (Wildman–Crippen LogP) is 3.66. The molecule has 0 saturated heterocycles. The van der Waals surface area contributed by atoms with E-state index in [9.17, 15) is 22.4 Å². The lowest BCUT2D eigenvalue weighted by Crippen LogP contribution is -2.28. The van der Waals surface area contributed by atoms with Gasteiger partial charge < -0.3 is 14.8 Å². The van der Waals surface area contributed by atoms with Crippen molar-refractivity contribution in [2.45, 2.75) is 6.18 Å². The largest absolute Gasteiger partial charge is 0.497 e. The van der Waals surface area contributed by atoms with Crippen molar-refractivity contribution in [3.8, 4) is 11.5 Å². The molecule has 0 atom stereocenters. The molecule has 134 valence electrons. The third-order valence-electron chi connectivity index (χ3n) is 3.25. The summed E-state index contributed by atoms with van der Waals surface area (Å²) in [5.74, 6) is -0.954. The smallest absolute Gasteiger partial charge is 0.419 e. The number of halogens is 4. The monoisotopic (exact) mass is 357 g/mol. The maximum Gasteiger partial charge on any atom is 0.419 e. The molecule has 0 bridgehead atoms. The maximum absolute atomic E-state index is 13.2. The van der Waals surface area contributed by atoms with E-state index in [0.29, 0.717) is 23.6 Å². The summed E-state index contributed by atoms with van der Waals surface area (Å²) < 4.78 is 61.5. The van der Waals surface area contributed by atoms with Gasteiger partial charge in [-0.15, -0.1) is 0 Å². The second-order valence-electron chi connectivity index (χ2n) is 4.97. The highest BCUT2D eigenvalue weighted by Gasteiger charge is 2.34. The number of rotatable bonds is 6. The van der Waals surface area contributed by atoms with Gasteiger partial charge in [-0.2, -0.15) is 13.2 Å². The minimum atomic E-state index is -4.86. The highest BCUT2D eigenvalue weighted by atomic mass is 19.4. The lowest BCUT2D eigenvalue weighted by atomic mass is 10.1. The number of hydrogen-bond acceptors (Lipinski definition) is 3. The summed E-state index contributed by atoms with van der Waals surface area (Å²) in [6, 6.07) is 8.84. The number of benzene rings is 2. The molecule has 0 radical (unpaired) electrons. The van der Waals surface area contributed by atoms with E-state index < -0.39 is 23.5 Å². The molecule has 2 aromatic rings. The van der Waals surface area contributed by atoms with Gasteiger partial charge in [-0.25, -0.2) is 4.39 Å². The zero-order valence-electron chi connectivity index (χ0n) is 13.2. The van der Waals surface area contributed by atoms with Crippen LogP contribution in [0, 0.1) is 5.82 Å². The topological polar surface area (TPSA) is 47.6 Å². The number of ether oxygens (including phenoxy) is 2. The Hall–Kier alpha value is -2.77. The SMILES string of the molecule is COc1ccc(OCCNC(=O)c2ccc(F)c(C(F)(F)F)c2)cc1. The van der Waals surface area contributed by atoms with Crippen molar-refractivity contribution >= 4 is 5.91 Å². The Morgan fingerprint density at radius 2 is 1.72 bits per heavy atom. The highest BCUT2D eigenvalue weighted by molar-refractivity contribution is 5.94. The van der Waals surface area contributed by atoms with Crippen molar-refractivity contribution < 1.29 is 31.8 Å². The Balaban J connectivity index is 1.88. The standard InChI is InChI=1S/C17H15F4NO3/c1-24-12-3-5-13(6-4-12)25-9-8-22-16(23)11-2-7-15(18)14(10-11)17(19,20)21/h2-7,10H,8-9H2,1H3,(H,22,23). The summed E-state index contributed by atoms with van der Waals surface area (Å²) in [6.45, 7) is 0.189. The van der Waals surface area contributed by atoms with Crippen LogP contribution in [0.2, 0.25) is 0 Å². The van der Waals surface area contributed by atoms with Gasteiger partial charge in [-0.3, -0.25) is 4.79 Å². The fourth-order valence-electron chi connectivity index (χ4n) is 1.99. The molecule has 0 aliphatic rings. The molecule has 0 spiro atoms. The molecule has 25 heavy (non-hydrogen) atoms. The molecule has 1 N–H and O–H groups in total. The van der Waals surface area contributed by atoms with Crippen molar-refractivity contribution in [1.29, 1.82) is 0 Å². The zero-order chi connectivity index (χ0) is 18.4. The van der Waals surface area contributed by atoms with E-state index in [0.717, 1.165) is 6.07 Å². The number of carbonyl (C=O) groups is 1. The molecule has 0 fully saturated rings. The van der Waals surface area contributed by atoms with Gasteiger partial charge in [-0.1, -0.05) is 0 Å².